The maximum Gasteiger partial charge on any atom is 0.187 e. The fourth-order valence-electron chi connectivity index (χ4n) is 3.45. The Morgan fingerprint density at radius 3 is 1.93 bits per heavy atom. The van der Waals surface area contributed by atoms with Crippen LogP contribution in [-0.4, -0.2) is 110 Å². The molecule has 30 heavy (non-hydrogen) atoms. The van der Waals surface area contributed by atoms with Crippen molar-refractivity contribution in [1.29, 1.82) is 0 Å². The monoisotopic (exact) mass is 432 g/mol. The van der Waals surface area contributed by atoms with E-state index in [4.69, 9.17) is 18.9 Å². The van der Waals surface area contributed by atoms with Crippen LogP contribution in [0.5, 0.6) is 0 Å². The molecule has 2 aliphatic heterocycles. The van der Waals surface area contributed by atoms with Crippen LogP contribution in [-0.2, 0) is 25.6 Å². The molecule has 1 aromatic carbocycles. The third-order valence-corrected chi connectivity index (χ3v) is 5.22. The molecule has 0 bridgehead atoms. The van der Waals surface area contributed by atoms with Crippen molar-refractivity contribution in [2.75, 3.05) is 13.2 Å². The third kappa shape index (κ3) is 4.98. The second-order valence-corrected chi connectivity index (χ2v) is 7.30. The highest BCUT2D eigenvalue weighted by Crippen LogP contribution is 2.29. The van der Waals surface area contributed by atoms with Crippen molar-refractivity contribution in [3.05, 3.63) is 35.9 Å². The highest BCUT2D eigenvalue weighted by atomic mass is 16.7. The Balaban J connectivity index is 1.66. The van der Waals surface area contributed by atoms with Crippen LogP contribution in [0.2, 0.25) is 0 Å². The molecule has 7 N–H and O–H groups in total. The average Bonchev–Trinajstić information content (AvgIpc) is 2.77. The van der Waals surface area contributed by atoms with E-state index in [9.17, 15) is 35.7 Å². The molecule has 170 valence electrons. The van der Waals surface area contributed by atoms with Gasteiger partial charge in [-0.1, -0.05) is 30.3 Å². The minimum atomic E-state index is -1.71. The average molecular weight is 432 g/mol. The zero-order chi connectivity index (χ0) is 21.8. The zero-order valence-corrected chi connectivity index (χ0v) is 16.0. The largest absolute Gasteiger partial charge is 0.394 e. The molecule has 0 aliphatic carbocycles. The fraction of sp³-hybridized carbons (Fsp3) is 0.684. The van der Waals surface area contributed by atoms with E-state index in [1.807, 2.05) is 18.2 Å². The summed E-state index contributed by atoms with van der Waals surface area (Å²) >= 11 is 0. The van der Waals surface area contributed by atoms with E-state index in [1.54, 1.807) is 12.1 Å². The highest BCUT2D eigenvalue weighted by molar-refractivity contribution is 5.13. The van der Waals surface area contributed by atoms with Crippen LogP contribution in [0.4, 0.5) is 0 Å². The smallest absolute Gasteiger partial charge is 0.187 e. The van der Waals surface area contributed by atoms with Crippen molar-refractivity contribution in [2.24, 2.45) is 0 Å². The first kappa shape index (κ1) is 23.4. The molecule has 2 fully saturated rings. The Labute approximate surface area is 172 Å². The van der Waals surface area contributed by atoms with E-state index in [1.165, 1.54) is 0 Å². The van der Waals surface area contributed by atoms with Crippen molar-refractivity contribution >= 4 is 0 Å². The normalized spacial score (nSPS) is 42.2. The van der Waals surface area contributed by atoms with E-state index in [2.05, 4.69) is 0 Å². The van der Waals surface area contributed by atoms with Crippen LogP contribution < -0.4 is 0 Å². The van der Waals surface area contributed by atoms with Gasteiger partial charge in [0.15, 0.2) is 12.6 Å². The third-order valence-electron chi connectivity index (χ3n) is 5.22. The summed E-state index contributed by atoms with van der Waals surface area (Å²) in [5.41, 5.74) is 0.808. The number of aliphatic hydroxyl groups excluding tert-OH is 7. The lowest BCUT2D eigenvalue weighted by Gasteiger charge is -2.45. The first-order chi connectivity index (χ1) is 14.4. The molecule has 10 atom stereocenters. The maximum atomic E-state index is 10.5. The second-order valence-electron chi connectivity index (χ2n) is 7.30. The maximum absolute atomic E-state index is 10.5. The van der Waals surface area contributed by atoms with E-state index in [-0.39, 0.29) is 6.61 Å². The van der Waals surface area contributed by atoms with Crippen LogP contribution in [0.15, 0.2) is 30.3 Å². The lowest BCUT2D eigenvalue weighted by Crippen LogP contribution is -2.64. The number of hydrogen-bond acceptors (Lipinski definition) is 11. The highest BCUT2D eigenvalue weighted by Gasteiger charge is 2.50. The van der Waals surface area contributed by atoms with Gasteiger partial charge in [-0.2, -0.15) is 0 Å². The molecule has 2 heterocycles. The van der Waals surface area contributed by atoms with Gasteiger partial charge in [-0.15, -0.1) is 0 Å². The molecule has 0 spiro atoms. The predicted octanol–water partition coefficient (Wildman–Crippen LogP) is -3.17. The number of ether oxygens (including phenoxy) is 4. The molecule has 1 aromatic rings. The summed E-state index contributed by atoms with van der Waals surface area (Å²) in [7, 11) is 0. The van der Waals surface area contributed by atoms with Gasteiger partial charge in [0.1, 0.15) is 48.8 Å². The van der Waals surface area contributed by atoms with Gasteiger partial charge >= 0.3 is 0 Å². The van der Waals surface area contributed by atoms with E-state index in [0.717, 1.165) is 5.56 Å². The second kappa shape index (κ2) is 10.4. The lowest BCUT2D eigenvalue weighted by molar-refractivity contribution is -0.360. The van der Waals surface area contributed by atoms with Crippen molar-refractivity contribution in [2.45, 2.75) is 68.0 Å². The van der Waals surface area contributed by atoms with Gasteiger partial charge in [0.25, 0.3) is 0 Å². The van der Waals surface area contributed by atoms with Crippen molar-refractivity contribution < 1.29 is 54.7 Å². The van der Waals surface area contributed by atoms with Crippen LogP contribution in [0.3, 0.4) is 0 Å². The van der Waals surface area contributed by atoms with Crippen LogP contribution in [0, 0.1) is 0 Å². The van der Waals surface area contributed by atoms with E-state index >= 15 is 0 Å². The number of benzene rings is 1. The zero-order valence-electron chi connectivity index (χ0n) is 16.0. The summed E-state index contributed by atoms with van der Waals surface area (Å²) in [5, 5.41) is 69.7. The first-order valence-electron chi connectivity index (χ1n) is 9.61. The molecule has 0 radical (unpaired) electrons. The van der Waals surface area contributed by atoms with Gasteiger partial charge in [0.05, 0.1) is 19.8 Å². The van der Waals surface area contributed by atoms with Gasteiger partial charge in [0.2, 0.25) is 0 Å². The van der Waals surface area contributed by atoms with Gasteiger partial charge in [-0.3, -0.25) is 0 Å². The van der Waals surface area contributed by atoms with Crippen molar-refractivity contribution in [3.8, 4) is 0 Å². The minimum absolute atomic E-state index is 0.0890. The predicted molar refractivity (Wildman–Crippen MR) is 97.6 cm³/mol. The van der Waals surface area contributed by atoms with Gasteiger partial charge in [-0.25, -0.2) is 0 Å². The molecule has 2 saturated heterocycles. The van der Waals surface area contributed by atoms with Crippen LogP contribution in [0.25, 0.3) is 0 Å². The molecular formula is C19H28O11. The van der Waals surface area contributed by atoms with E-state index < -0.39 is 74.6 Å². The Hall–Kier alpha value is -1.22. The molecular weight excluding hydrogens is 404 g/mol. The standard InChI is InChI=1S/C19H28O11/c20-6-10-12(22)13(23)15(25)19(28-10)30-17-11(7-21)29-18(16(26)14(17)24)27-8-9-4-2-1-3-5-9/h1-5,10-26H,6-8H2/t10-,11+,12-,13-,14+,15+,16-,17+,18+,19-/m0/s1. The Morgan fingerprint density at radius 1 is 0.700 bits per heavy atom. The number of rotatable bonds is 7. The topological polar surface area (TPSA) is 179 Å². The van der Waals surface area contributed by atoms with Gasteiger partial charge in [-0.05, 0) is 5.56 Å². The molecule has 11 heteroatoms. The van der Waals surface area contributed by atoms with E-state index in [0.29, 0.717) is 0 Å². The Bertz CT molecular complexity index is 643. The van der Waals surface area contributed by atoms with Crippen molar-refractivity contribution in [3.63, 3.8) is 0 Å². The quantitative estimate of drug-likeness (QED) is 0.231. The van der Waals surface area contributed by atoms with Gasteiger partial charge in [0, 0.05) is 0 Å². The molecule has 2 aliphatic rings. The molecule has 11 nitrogen and oxygen atoms in total. The molecule has 3 rings (SSSR count). The Morgan fingerprint density at radius 2 is 1.30 bits per heavy atom. The SMILES string of the molecule is OC[C@@H]1O[C@@H](O[C@H]2[C@H](O)[C@H](O)[C@H](OCc3ccccc3)O[C@@H]2CO)[C@H](O)[C@@H](O)[C@H]1O. The van der Waals surface area contributed by atoms with Crippen molar-refractivity contribution in [1.82, 2.24) is 0 Å². The summed E-state index contributed by atoms with van der Waals surface area (Å²) in [6, 6.07) is 9.07. The minimum Gasteiger partial charge on any atom is -0.394 e. The number of aliphatic hydroxyl groups is 7. The fourth-order valence-corrected chi connectivity index (χ4v) is 3.45. The summed E-state index contributed by atoms with van der Waals surface area (Å²) in [6.45, 7) is -1.18. The Kier molecular flexibility index (Phi) is 8.12. The molecule has 0 unspecified atom stereocenters. The first-order valence-corrected chi connectivity index (χ1v) is 9.61. The summed E-state index contributed by atoms with van der Waals surface area (Å²) in [6.07, 6.45) is -14.7. The molecule has 0 aromatic heterocycles. The van der Waals surface area contributed by atoms with Crippen LogP contribution in [0.1, 0.15) is 5.56 Å². The number of hydrogen-bond donors (Lipinski definition) is 7. The summed E-state index contributed by atoms with van der Waals surface area (Å²) in [4.78, 5) is 0. The summed E-state index contributed by atoms with van der Waals surface area (Å²) in [5.74, 6) is 0. The molecule has 0 saturated carbocycles. The van der Waals surface area contributed by atoms with Gasteiger partial charge < -0.3 is 54.7 Å². The summed E-state index contributed by atoms with van der Waals surface area (Å²) < 4.78 is 21.8. The lowest BCUT2D eigenvalue weighted by atomic mass is 9.97. The molecule has 0 amide bonds. The van der Waals surface area contributed by atoms with Crippen LogP contribution >= 0.6 is 0 Å².